The number of thiocarbonyl (C=S) groups is 1. The van der Waals surface area contributed by atoms with Gasteiger partial charge in [0.1, 0.15) is 11.5 Å². The van der Waals surface area contributed by atoms with E-state index in [9.17, 15) is 0 Å². The lowest BCUT2D eigenvalue weighted by Crippen LogP contribution is -2.65. The Morgan fingerprint density at radius 2 is 2.12 bits per heavy atom. The van der Waals surface area contributed by atoms with Crippen LogP contribution in [0, 0.1) is 0 Å². The van der Waals surface area contributed by atoms with E-state index in [1.807, 2.05) is 42.2 Å². The summed E-state index contributed by atoms with van der Waals surface area (Å²) < 4.78 is 11.9. The maximum atomic E-state index is 6.37. The molecule has 0 spiro atoms. The van der Waals surface area contributed by atoms with Crippen molar-refractivity contribution in [2.45, 2.75) is 25.1 Å². The first-order chi connectivity index (χ1) is 11.5. The van der Waals surface area contributed by atoms with E-state index in [1.165, 1.54) is 0 Å². The highest BCUT2D eigenvalue weighted by molar-refractivity contribution is 7.80. The average Bonchev–Trinajstić information content (AvgIpc) is 2.54. The first-order valence-corrected chi connectivity index (χ1v) is 8.53. The summed E-state index contributed by atoms with van der Waals surface area (Å²) in [6.45, 7) is 2.05. The molecule has 1 fully saturated rings. The van der Waals surface area contributed by atoms with Crippen molar-refractivity contribution in [1.29, 1.82) is 0 Å². The van der Waals surface area contributed by atoms with Crippen LogP contribution in [0.1, 0.15) is 24.9 Å². The highest BCUT2D eigenvalue weighted by Gasteiger charge is 2.48. The van der Waals surface area contributed by atoms with Crippen molar-refractivity contribution >= 4 is 34.6 Å². The standard InChI is InChI=1S/C18H17ClN2O2S/c1-18-10-13(12-5-3-4-6-15(12)23-18)20-17(24)21(18)14-9-11(19)7-8-16(14)22-2/h3-9,13H,10H2,1-2H3,(H,20,24)/t13-,18-/m1/s1. The van der Waals surface area contributed by atoms with Crippen LogP contribution in [0.4, 0.5) is 5.69 Å². The molecule has 2 aromatic rings. The molecular formula is C18H17ClN2O2S. The van der Waals surface area contributed by atoms with Gasteiger partial charge in [-0.2, -0.15) is 0 Å². The van der Waals surface area contributed by atoms with Crippen LogP contribution >= 0.6 is 23.8 Å². The van der Waals surface area contributed by atoms with E-state index in [0.29, 0.717) is 15.9 Å². The molecule has 2 atom stereocenters. The molecule has 0 radical (unpaired) electrons. The largest absolute Gasteiger partial charge is 0.495 e. The van der Waals surface area contributed by atoms with Crippen molar-refractivity contribution < 1.29 is 9.47 Å². The van der Waals surface area contributed by atoms with Crippen LogP contribution in [0.3, 0.4) is 0 Å². The topological polar surface area (TPSA) is 33.7 Å². The predicted octanol–water partition coefficient (Wildman–Crippen LogP) is 4.28. The molecule has 2 heterocycles. The fraction of sp³-hybridized carbons (Fsp3) is 0.278. The Balaban J connectivity index is 1.84. The summed E-state index contributed by atoms with van der Waals surface area (Å²) in [7, 11) is 1.63. The number of anilines is 1. The molecule has 2 bridgehead atoms. The highest BCUT2D eigenvalue weighted by Crippen LogP contribution is 2.47. The lowest BCUT2D eigenvalue weighted by molar-refractivity contribution is 0.0494. The molecule has 0 aliphatic carbocycles. The average molecular weight is 361 g/mol. The lowest BCUT2D eigenvalue weighted by Gasteiger charge is -2.52. The van der Waals surface area contributed by atoms with Crippen molar-refractivity contribution in [3.63, 3.8) is 0 Å². The number of ether oxygens (including phenoxy) is 2. The number of methoxy groups -OCH3 is 1. The number of fused-ring (bicyclic) bond motifs is 4. The van der Waals surface area contributed by atoms with Gasteiger partial charge in [0.2, 0.25) is 0 Å². The van der Waals surface area contributed by atoms with Gasteiger partial charge in [-0.05, 0) is 43.4 Å². The second-order valence-corrected chi connectivity index (χ2v) is 7.00. The number of benzene rings is 2. The molecule has 0 aromatic heterocycles. The Hall–Kier alpha value is -1.98. The van der Waals surface area contributed by atoms with Gasteiger partial charge < -0.3 is 14.8 Å². The van der Waals surface area contributed by atoms with E-state index in [4.69, 9.17) is 33.3 Å². The van der Waals surface area contributed by atoms with Crippen molar-refractivity contribution in [3.8, 4) is 11.5 Å². The SMILES string of the molecule is COc1ccc(Cl)cc1N1C(=S)N[C@@H]2C[C@@]1(C)Oc1ccccc12. The molecule has 2 aliphatic heterocycles. The maximum absolute atomic E-state index is 6.37. The van der Waals surface area contributed by atoms with Crippen LogP contribution in [0.15, 0.2) is 42.5 Å². The first-order valence-electron chi connectivity index (χ1n) is 7.74. The van der Waals surface area contributed by atoms with Crippen LogP contribution in [-0.2, 0) is 0 Å². The molecule has 0 amide bonds. The number of hydrogen-bond donors (Lipinski definition) is 1. The van der Waals surface area contributed by atoms with Gasteiger partial charge in [-0.1, -0.05) is 29.8 Å². The predicted molar refractivity (Wildman–Crippen MR) is 99.0 cm³/mol. The number of hydrogen-bond acceptors (Lipinski definition) is 3. The van der Waals surface area contributed by atoms with Crippen molar-refractivity contribution in [2.24, 2.45) is 0 Å². The summed E-state index contributed by atoms with van der Waals surface area (Å²) in [5.74, 6) is 1.57. The van der Waals surface area contributed by atoms with E-state index in [0.717, 1.165) is 23.4 Å². The lowest BCUT2D eigenvalue weighted by atomic mass is 9.90. The Morgan fingerprint density at radius 1 is 1.33 bits per heavy atom. The molecule has 1 N–H and O–H groups in total. The molecule has 124 valence electrons. The molecule has 0 unspecified atom stereocenters. The molecule has 1 saturated heterocycles. The Kier molecular flexibility index (Phi) is 3.58. The number of para-hydroxylation sites is 1. The van der Waals surface area contributed by atoms with Crippen molar-refractivity contribution in [3.05, 3.63) is 53.1 Å². The zero-order valence-electron chi connectivity index (χ0n) is 13.4. The smallest absolute Gasteiger partial charge is 0.188 e. The van der Waals surface area contributed by atoms with Gasteiger partial charge in [0, 0.05) is 17.0 Å². The fourth-order valence-corrected chi connectivity index (χ4v) is 4.12. The number of rotatable bonds is 2. The maximum Gasteiger partial charge on any atom is 0.188 e. The summed E-state index contributed by atoms with van der Waals surface area (Å²) in [6, 6.07) is 13.7. The zero-order chi connectivity index (χ0) is 16.9. The molecular weight excluding hydrogens is 344 g/mol. The monoisotopic (exact) mass is 360 g/mol. The van der Waals surface area contributed by atoms with E-state index in [-0.39, 0.29) is 6.04 Å². The second-order valence-electron chi connectivity index (χ2n) is 6.17. The summed E-state index contributed by atoms with van der Waals surface area (Å²) in [6.07, 6.45) is 0.764. The van der Waals surface area contributed by atoms with Crippen LogP contribution < -0.4 is 19.7 Å². The van der Waals surface area contributed by atoms with Crippen LogP contribution in [0.25, 0.3) is 0 Å². The zero-order valence-corrected chi connectivity index (χ0v) is 14.9. The van der Waals surface area contributed by atoms with Gasteiger partial charge in [-0.15, -0.1) is 0 Å². The van der Waals surface area contributed by atoms with Crippen LogP contribution in [0.5, 0.6) is 11.5 Å². The van der Waals surface area contributed by atoms with Gasteiger partial charge in [0.05, 0.1) is 18.8 Å². The Labute approximate surface area is 151 Å². The molecule has 4 rings (SSSR count). The summed E-state index contributed by atoms with van der Waals surface area (Å²) in [5, 5.41) is 4.65. The number of halogens is 1. The molecule has 2 aromatic carbocycles. The highest BCUT2D eigenvalue weighted by atomic mass is 35.5. The second kappa shape index (κ2) is 5.53. The van der Waals surface area contributed by atoms with Gasteiger partial charge in [0.25, 0.3) is 0 Å². The first kappa shape index (κ1) is 15.5. The molecule has 4 nitrogen and oxygen atoms in total. The minimum atomic E-state index is -0.612. The molecule has 0 saturated carbocycles. The third-order valence-corrected chi connectivity index (χ3v) is 5.10. The van der Waals surface area contributed by atoms with E-state index in [2.05, 4.69) is 11.4 Å². The van der Waals surface area contributed by atoms with E-state index >= 15 is 0 Å². The minimum absolute atomic E-state index is 0.133. The molecule has 2 aliphatic rings. The van der Waals surface area contributed by atoms with Crippen LogP contribution in [0.2, 0.25) is 5.02 Å². The molecule has 24 heavy (non-hydrogen) atoms. The van der Waals surface area contributed by atoms with Gasteiger partial charge >= 0.3 is 0 Å². The normalized spacial score (nSPS) is 24.7. The Morgan fingerprint density at radius 3 is 2.92 bits per heavy atom. The van der Waals surface area contributed by atoms with E-state index < -0.39 is 5.72 Å². The third-order valence-electron chi connectivity index (χ3n) is 4.56. The van der Waals surface area contributed by atoms with Crippen molar-refractivity contribution in [1.82, 2.24) is 5.32 Å². The quantitative estimate of drug-likeness (QED) is 0.808. The van der Waals surface area contributed by atoms with Crippen molar-refractivity contribution in [2.75, 3.05) is 12.0 Å². The number of nitrogens with zero attached hydrogens (tertiary/aromatic N) is 1. The van der Waals surface area contributed by atoms with Gasteiger partial charge in [-0.3, -0.25) is 4.90 Å². The third kappa shape index (κ3) is 2.31. The summed E-state index contributed by atoms with van der Waals surface area (Å²) in [4.78, 5) is 1.96. The molecule has 6 heteroatoms. The number of nitrogens with one attached hydrogen (secondary N) is 1. The summed E-state index contributed by atoms with van der Waals surface area (Å²) >= 11 is 11.9. The van der Waals surface area contributed by atoms with Crippen LogP contribution in [-0.4, -0.2) is 17.9 Å². The Bertz CT molecular complexity index is 828. The van der Waals surface area contributed by atoms with Gasteiger partial charge in [0.15, 0.2) is 10.8 Å². The van der Waals surface area contributed by atoms with Gasteiger partial charge in [-0.25, -0.2) is 0 Å². The van der Waals surface area contributed by atoms with E-state index in [1.54, 1.807) is 13.2 Å². The minimum Gasteiger partial charge on any atom is -0.495 e. The summed E-state index contributed by atoms with van der Waals surface area (Å²) in [5.41, 5.74) is 1.32. The fourth-order valence-electron chi connectivity index (χ4n) is 3.52.